The molecule has 0 amide bonds. The van der Waals surface area contributed by atoms with E-state index in [1.807, 2.05) is 30.3 Å². The zero-order valence-electron chi connectivity index (χ0n) is 16.2. The number of nitro groups is 1. The number of carbonyl (C=O) groups excluding carboxylic acids is 1. The molecular formula is C20H17N7O4. The van der Waals surface area contributed by atoms with Gasteiger partial charge in [0.25, 0.3) is 5.69 Å². The molecule has 0 spiro atoms. The molecular weight excluding hydrogens is 402 g/mol. The van der Waals surface area contributed by atoms with Crippen LogP contribution in [0.5, 0.6) is 0 Å². The minimum atomic E-state index is -0.510. The zero-order valence-corrected chi connectivity index (χ0v) is 16.2. The van der Waals surface area contributed by atoms with Crippen LogP contribution in [0.15, 0.2) is 67.0 Å². The first-order chi connectivity index (χ1) is 15.1. The summed E-state index contributed by atoms with van der Waals surface area (Å²) in [6.45, 7) is 0.638. The van der Waals surface area contributed by atoms with E-state index in [0.717, 1.165) is 5.56 Å². The molecule has 0 radical (unpaired) electrons. The van der Waals surface area contributed by atoms with Gasteiger partial charge in [-0.25, -0.2) is 9.48 Å². The molecule has 0 unspecified atom stereocenters. The molecule has 0 bridgehead atoms. The molecule has 0 saturated heterocycles. The van der Waals surface area contributed by atoms with Gasteiger partial charge in [0.05, 0.1) is 35.5 Å². The Morgan fingerprint density at radius 3 is 2.61 bits per heavy atom. The molecule has 0 atom stereocenters. The number of benzene rings is 2. The Hall–Kier alpha value is -4.41. The van der Waals surface area contributed by atoms with Crippen LogP contribution in [0.25, 0.3) is 17.1 Å². The second kappa shape index (κ2) is 8.95. The fourth-order valence-electron chi connectivity index (χ4n) is 2.79. The molecule has 11 heteroatoms. The van der Waals surface area contributed by atoms with Crippen molar-refractivity contribution in [1.82, 2.24) is 30.0 Å². The molecule has 2 aromatic carbocycles. The molecule has 11 nitrogen and oxygen atoms in total. The Labute approximate surface area is 176 Å². The van der Waals surface area contributed by atoms with Gasteiger partial charge in [-0.15, -0.1) is 10.2 Å². The quantitative estimate of drug-likeness (QED) is 0.184. The van der Waals surface area contributed by atoms with Gasteiger partial charge in [0, 0.05) is 30.3 Å². The molecule has 0 fully saturated rings. The molecule has 31 heavy (non-hydrogen) atoms. The number of nitro benzene ring substituents is 1. The lowest BCUT2D eigenvalue weighted by molar-refractivity contribution is -0.384. The van der Waals surface area contributed by atoms with Crippen molar-refractivity contribution in [3.8, 4) is 17.1 Å². The van der Waals surface area contributed by atoms with E-state index in [0.29, 0.717) is 24.5 Å². The Kier molecular flexibility index (Phi) is 5.74. The summed E-state index contributed by atoms with van der Waals surface area (Å²) in [4.78, 5) is 23.9. The average Bonchev–Trinajstić information content (AvgIpc) is 3.47. The van der Waals surface area contributed by atoms with Crippen LogP contribution in [0.3, 0.4) is 0 Å². The van der Waals surface area contributed by atoms with E-state index in [2.05, 4.69) is 20.5 Å². The number of esters is 1. The maximum Gasteiger partial charge on any atom is 0.341 e. The largest absolute Gasteiger partial charge is 0.462 e. The summed E-state index contributed by atoms with van der Waals surface area (Å²) in [5, 5.41) is 27.2. The van der Waals surface area contributed by atoms with Crippen molar-refractivity contribution in [2.75, 3.05) is 6.61 Å². The molecule has 2 heterocycles. The number of aryl methyl sites for hydroxylation is 1. The van der Waals surface area contributed by atoms with Crippen LogP contribution in [0, 0.1) is 10.1 Å². The highest BCUT2D eigenvalue weighted by atomic mass is 16.6. The van der Waals surface area contributed by atoms with Crippen molar-refractivity contribution in [3.63, 3.8) is 0 Å². The minimum Gasteiger partial charge on any atom is -0.462 e. The summed E-state index contributed by atoms with van der Waals surface area (Å²) in [5.41, 5.74) is 1.73. The van der Waals surface area contributed by atoms with E-state index in [9.17, 15) is 14.9 Å². The number of aromatic nitrogens is 6. The van der Waals surface area contributed by atoms with Crippen LogP contribution in [-0.4, -0.2) is 47.5 Å². The van der Waals surface area contributed by atoms with Gasteiger partial charge in [-0.3, -0.25) is 10.1 Å². The predicted octanol–water partition coefficient (Wildman–Crippen LogP) is 2.68. The van der Waals surface area contributed by atoms with Crippen molar-refractivity contribution in [1.29, 1.82) is 0 Å². The van der Waals surface area contributed by atoms with Gasteiger partial charge in [0.2, 0.25) is 5.82 Å². The number of nitrogens with zero attached hydrogens (tertiary/aromatic N) is 7. The molecule has 0 saturated carbocycles. The van der Waals surface area contributed by atoms with Crippen LogP contribution in [0.1, 0.15) is 16.8 Å². The smallest absolute Gasteiger partial charge is 0.341 e. The predicted molar refractivity (Wildman–Crippen MR) is 108 cm³/mol. The molecule has 4 aromatic rings. The zero-order chi connectivity index (χ0) is 21.6. The first kappa shape index (κ1) is 19.9. The number of hydrogen-bond acceptors (Lipinski definition) is 8. The molecule has 0 N–H and O–H groups in total. The van der Waals surface area contributed by atoms with Crippen LogP contribution < -0.4 is 0 Å². The monoisotopic (exact) mass is 419 g/mol. The van der Waals surface area contributed by atoms with Crippen molar-refractivity contribution in [3.05, 3.63) is 82.7 Å². The fourth-order valence-corrected chi connectivity index (χ4v) is 2.79. The van der Waals surface area contributed by atoms with Crippen molar-refractivity contribution < 1.29 is 14.5 Å². The van der Waals surface area contributed by atoms with E-state index in [1.54, 1.807) is 12.1 Å². The molecule has 2 aromatic heterocycles. The number of carbonyl (C=O) groups is 1. The molecule has 156 valence electrons. The van der Waals surface area contributed by atoms with Crippen LogP contribution in [0.2, 0.25) is 0 Å². The van der Waals surface area contributed by atoms with Crippen molar-refractivity contribution in [2.45, 2.75) is 13.0 Å². The standard InChI is InChI=1S/C20H17N7O4/c28-20(16-13-21-25(14-16)17-7-9-18(10-8-17)27(29)30)31-12-4-11-26-23-19(22-24-26)15-5-2-1-3-6-15/h1-3,5-10,13-14H,4,11-12H2. The maximum absolute atomic E-state index is 12.2. The van der Waals surface area contributed by atoms with Crippen molar-refractivity contribution in [2.24, 2.45) is 0 Å². The number of tetrazole rings is 1. The van der Waals surface area contributed by atoms with Gasteiger partial charge in [-0.2, -0.15) is 9.90 Å². The SMILES string of the molecule is O=C(OCCCn1nnc(-c2ccccc2)n1)c1cnn(-c2ccc([N+](=O)[O-])cc2)c1. The highest BCUT2D eigenvalue weighted by Gasteiger charge is 2.12. The maximum atomic E-state index is 12.2. The third-order valence-electron chi connectivity index (χ3n) is 4.36. The molecule has 0 aliphatic heterocycles. The molecule has 4 rings (SSSR count). The van der Waals surface area contributed by atoms with Crippen LogP contribution in [0.4, 0.5) is 5.69 Å². The van der Waals surface area contributed by atoms with Gasteiger partial charge < -0.3 is 4.74 Å². The van der Waals surface area contributed by atoms with Crippen LogP contribution >= 0.6 is 0 Å². The normalized spacial score (nSPS) is 10.7. The van der Waals surface area contributed by atoms with Gasteiger partial charge in [-0.05, 0) is 17.3 Å². The van der Waals surface area contributed by atoms with Gasteiger partial charge >= 0.3 is 5.97 Å². The number of rotatable bonds is 8. The number of ether oxygens (including phenoxy) is 1. The first-order valence-electron chi connectivity index (χ1n) is 9.40. The van der Waals surface area contributed by atoms with Gasteiger partial charge in [0.1, 0.15) is 0 Å². The lowest BCUT2D eigenvalue weighted by Crippen LogP contribution is -2.10. The Balaban J connectivity index is 1.27. The van der Waals surface area contributed by atoms with E-state index >= 15 is 0 Å². The van der Waals surface area contributed by atoms with E-state index in [1.165, 1.54) is 34.0 Å². The summed E-state index contributed by atoms with van der Waals surface area (Å²) >= 11 is 0. The third kappa shape index (κ3) is 4.78. The fraction of sp³-hybridized carbons (Fsp3) is 0.150. The minimum absolute atomic E-state index is 0.0201. The van der Waals surface area contributed by atoms with E-state index in [4.69, 9.17) is 4.74 Å². The second-order valence-corrected chi connectivity index (χ2v) is 6.51. The molecule has 0 aliphatic carbocycles. The van der Waals surface area contributed by atoms with Gasteiger partial charge in [-0.1, -0.05) is 30.3 Å². The summed E-state index contributed by atoms with van der Waals surface area (Å²) in [6, 6.07) is 15.4. The van der Waals surface area contributed by atoms with Crippen molar-refractivity contribution >= 4 is 11.7 Å². The van der Waals surface area contributed by atoms with Gasteiger partial charge in [0.15, 0.2) is 0 Å². The number of hydrogen-bond donors (Lipinski definition) is 0. The first-order valence-corrected chi connectivity index (χ1v) is 9.40. The highest BCUT2D eigenvalue weighted by Crippen LogP contribution is 2.15. The summed E-state index contributed by atoms with van der Waals surface area (Å²) in [6.07, 6.45) is 3.41. The summed E-state index contributed by atoms with van der Waals surface area (Å²) in [7, 11) is 0. The lowest BCUT2D eigenvalue weighted by atomic mass is 10.2. The Bertz CT molecular complexity index is 1190. The lowest BCUT2D eigenvalue weighted by Gasteiger charge is -2.03. The highest BCUT2D eigenvalue weighted by molar-refractivity contribution is 5.88. The summed E-state index contributed by atoms with van der Waals surface area (Å²) < 4.78 is 6.72. The van der Waals surface area contributed by atoms with E-state index < -0.39 is 10.9 Å². The summed E-state index contributed by atoms with van der Waals surface area (Å²) in [5.74, 6) is 0.0286. The molecule has 0 aliphatic rings. The van der Waals surface area contributed by atoms with E-state index in [-0.39, 0.29) is 17.9 Å². The number of non-ortho nitro benzene ring substituents is 1. The average molecular weight is 419 g/mol. The van der Waals surface area contributed by atoms with Crippen LogP contribution in [-0.2, 0) is 11.3 Å². The second-order valence-electron chi connectivity index (χ2n) is 6.51. The Morgan fingerprint density at radius 1 is 1.10 bits per heavy atom. The third-order valence-corrected chi connectivity index (χ3v) is 4.36. The Morgan fingerprint density at radius 2 is 1.87 bits per heavy atom. The topological polar surface area (TPSA) is 131 Å².